The number of hydrogen-bond donors (Lipinski definition) is 3. The molecule has 0 aliphatic carbocycles. The van der Waals surface area contributed by atoms with E-state index in [1.54, 1.807) is 0 Å². The van der Waals surface area contributed by atoms with E-state index in [1.165, 1.54) is 6.92 Å². The van der Waals surface area contributed by atoms with E-state index in [2.05, 4.69) is 0 Å². The van der Waals surface area contributed by atoms with Gasteiger partial charge < -0.3 is 15.9 Å². The Kier molecular flexibility index (Phi) is 4.06. The van der Waals surface area contributed by atoms with Crippen LogP contribution < -0.4 is 5.73 Å². The largest absolute Gasteiger partial charge is 0.481 e. The van der Waals surface area contributed by atoms with E-state index < -0.39 is 36.1 Å². The molecule has 0 aromatic carbocycles. The number of Topliss-reactive ketones (excluding diaryl/α,β-unsaturated/α-hetero) is 1. The number of carboxylic acid groups (broad SMARTS) is 2. The fraction of sp³-hybridized carbons (Fsp3) is 0.571. The van der Waals surface area contributed by atoms with E-state index in [1.807, 2.05) is 0 Å². The molecule has 0 saturated carbocycles. The molecule has 0 aliphatic rings. The van der Waals surface area contributed by atoms with Crippen molar-refractivity contribution in [2.75, 3.05) is 0 Å². The second kappa shape index (κ2) is 4.56. The smallest absolute Gasteiger partial charge is 0.314 e. The zero-order chi connectivity index (χ0) is 10.6. The van der Waals surface area contributed by atoms with Crippen molar-refractivity contribution in [3.63, 3.8) is 0 Å². The summed E-state index contributed by atoms with van der Waals surface area (Å²) in [5.41, 5.74) is 5.14. The van der Waals surface area contributed by atoms with Crippen molar-refractivity contribution in [1.82, 2.24) is 0 Å². The van der Waals surface area contributed by atoms with Crippen LogP contribution in [0.15, 0.2) is 0 Å². The number of hydrogen-bond acceptors (Lipinski definition) is 4. The second-order valence-electron chi connectivity index (χ2n) is 2.68. The molecule has 0 heterocycles. The van der Waals surface area contributed by atoms with Crippen LogP contribution in [0.4, 0.5) is 0 Å². The van der Waals surface area contributed by atoms with Crippen molar-refractivity contribution in [1.29, 1.82) is 0 Å². The van der Waals surface area contributed by atoms with E-state index in [9.17, 15) is 14.4 Å². The van der Waals surface area contributed by atoms with Gasteiger partial charge in [-0.2, -0.15) is 0 Å². The first kappa shape index (κ1) is 11.6. The van der Waals surface area contributed by atoms with E-state index in [4.69, 9.17) is 15.9 Å². The van der Waals surface area contributed by atoms with E-state index >= 15 is 0 Å². The Morgan fingerprint density at radius 1 is 1.31 bits per heavy atom. The summed E-state index contributed by atoms with van der Waals surface area (Å²) in [6.07, 6.45) is -0.726. The Morgan fingerprint density at radius 3 is 2.00 bits per heavy atom. The monoisotopic (exact) mass is 189 g/mol. The zero-order valence-corrected chi connectivity index (χ0v) is 7.06. The predicted octanol–water partition coefficient (Wildman–Crippen LogP) is -0.922. The van der Waals surface area contributed by atoms with Crippen molar-refractivity contribution in [2.24, 2.45) is 11.7 Å². The number of carboxylic acids is 2. The van der Waals surface area contributed by atoms with Crippen LogP contribution >= 0.6 is 0 Å². The molecule has 0 amide bonds. The maximum Gasteiger partial charge on any atom is 0.314 e. The molecule has 13 heavy (non-hydrogen) atoms. The Labute approximate surface area is 74.3 Å². The summed E-state index contributed by atoms with van der Waals surface area (Å²) in [5, 5.41) is 16.8. The standard InChI is InChI=1S/C7H11NO5/c1-3(8)6(11)4(7(12)13)2-5(9)10/h3-4H,2,8H2,1H3,(H,9,10)(H,12,13). The highest BCUT2D eigenvalue weighted by Crippen LogP contribution is 2.07. The topological polar surface area (TPSA) is 118 Å². The number of carbonyl (C=O) groups is 3. The molecule has 0 aliphatic heterocycles. The van der Waals surface area contributed by atoms with Crippen molar-refractivity contribution in [2.45, 2.75) is 19.4 Å². The highest BCUT2D eigenvalue weighted by molar-refractivity contribution is 6.02. The molecule has 2 atom stereocenters. The summed E-state index contributed by atoms with van der Waals surface area (Å²) in [4.78, 5) is 31.7. The predicted molar refractivity (Wildman–Crippen MR) is 42.0 cm³/mol. The average molecular weight is 189 g/mol. The van der Waals surface area contributed by atoms with E-state index in [0.717, 1.165) is 0 Å². The second-order valence-corrected chi connectivity index (χ2v) is 2.68. The van der Waals surface area contributed by atoms with Gasteiger partial charge in [-0.1, -0.05) is 0 Å². The van der Waals surface area contributed by atoms with Gasteiger partial charge in [-0.15, -0.1) is 0 Å². The van der Waals surface area contributed by atoms with Gasteiger partial charge in [-0.05, 0) is 6.92 Å². The zero-order valence-electron chi connectivity index (χ0n) is 7.06. The van der Waals surface area contributed by atoms with E-state index in [-0.39, 0.29) is 0 Å². The number of rotatable bonds is 5. The molecule has 2 unspecified atom stereocenters. The minimum absolute atomic E-state index is 0.726. The lowest BCUT2D eigenvalue weighted by Crippen LogP contribution is -2.37. The number of nitrogens with two attached hydrogens (primary N) is 1. The molecule has 0 spiro atoms. The van der Waals surface area contributed by atoms with Gasteiger partial charge >= 0.3 is 11.9 Å². The lowest BCUT2D eigenvalue weighted by atomic mass is 9.96. The lowest BCUT2D eigenvalue weighted by Gasteiger charge is -2.10. The number of aliphatic carboxylic acids is 2. The van der Waals surface area contributed by atoms with Crippen LogP contribution in [-0.2, 0) is 14.4 Å². The molecule has 4 N–H and O–H groups in total. The van der Waals surface area contributed by atoms with Gasteiger partial charge in [0.25, 0.3) is 0 Å². The third kappa shape index (κ3) is 3.66. The first-order chi connectivity index (χ1) is 5.86. The number of carbonyl (C=O) groups excluding carboxylic acids is 1. The summed E-state index contributed by atoms with van der Waals surface area (Å²) in [6.45, 7) is 1.32. The highest BCUT2D eigenvalue weighted by Gasteiger charge is 2.30. The van der Waals surface area contributed by atoms with Crippen LogP contribution in [0.1, 0.15) is 13.3 Å². The Morgan fingerprint density at radius 2 is 1.77 bits per heavy atom. The molecule has 0 saturated heterocycles. The third-order valence-electron chi connectivity index (χ3n) is 1.47. The van der Waals surface area contributed by atoms with Gasteiger partial charge in [-0.25, -0.2) is 0 Å². The van der Waals surface area contributed by atoms with Crippen LogP contribution in [0.2, 0.25) is 0 Å². The molecule has 0 aromatic rings. The summed E-state index contributed by atoms with van der Waals surface area (Å²) >= 11 is 0. The molecule has 0 bridgehead atoms. The molecular weight excluding hydrogens is 178 g/mol. The van der Waals surface area contributed by atoms with Crippen LogP contribution in [0.3, 0.4) is 0 Å². The number of ketones is 1. The quantitative estimate of drug-likeness (QED) is 0.481. The Hall–Kier alpha value is -1.43. The summed E-state index contributed by atoms with van der Waals surface area (Å²) in [5.74, 6) is -5.10. The third-order valence-corrected chi connectivity index (χ3v) is 1.47. The first-order valence-electron chi connectivity index (χ1n) is 3.60. The molecular formula is C7H11NO5. The average Bonchev–Trinajstić information content (AvgIpc) is 1.97. The fourth-order valence-corrected chi connectivity index (χ4v) is 0.802. The SMILES string of the molecule is CC(N)C(=O)C(CC(=O)O)C(=O)O. The maximum absolute atomic E-state index is 11.1. The van der Waals surface area contributed by atoms with E-state index in [0.29, 0.717) is 0 Å². The van der Waals surface area contributed by atoms with Crippen LogP contribution in [-0.4, -0.2) is 34.0 Å². The normalized spacial score (nSPS) is 14.6. The lowest BCUT2D eigenvalue weighted by molar-refractivity contribution is -0.152. The minimum atomic E-state index is -1.54. The van der Waals surface area contributed by atoms with Gasteiger partial charge in [-0.3, -0.25) is 14.4 Å². The molecule has 74 valence electrons. The van der Waals surface area contributed by atoms with Gasteiger partial charge in [0.15, 0.2) is 5.78 Å². The van der Waals surface area contributed by atoms with Crippen molar-refractivity contribution in [3.8, 4) is 0 Å². The van der Waals surface area contributed by atoms with Gasteiger partial charge in [0.05, 0.1) is 12.5 Å². The maximum atomic E-state index is 11.1. The van der Waals surface area contributed by atoms with Crippen LogP contribution in [0, 0.1) is 5.92 Å². The van der Waals surface area contributed by atoms with Gasteiger partial charge in [0.2, 0.25) is 0 Å². The molecule has 0 fully saturated rings. The summed E-state index contributed by atoms with van der Waals surface area (Å²) < 4.78 is 0. The highest BCUT2D eigenvalue weighted by atomic mass is 16.4. The van der Waals surface area contributed by atoms with Crippen molar-refractivity contribution >= 4 is 17.7 Å². The van der Waals surface area contributed by atoms with Gasteiger partial charge in [0.1, 0.15) is 5.92 Å². The van der Waals surface area contributed by atoms with Crippen LogP contribution in [0.5, 0.6) is 0 Å². The summed E-state index contributed by atoms with van der Waals surface area (Å²) in [6, 6.07) is -0.958. The Balaban J connectivity index is 4.52. The molecule has 0 rings (SSSR count). The summed E-state index contributed by atoms with van der Waals surface area (Å²) in [7, 11) is 0. The fourth-order valence-electron chi connectivity index (χ4n) is 0.802. The van der Waals surface area contributed by atoms with Gasteiger partial charge in [0, 0.05) is 0 Å². The Bertz CT molecular complexity index is 235. The van der Waals surface area contributed by atoms with Crippen molar-refractivity contribution < 1.29 is 24.6 Å². The molecule has 0 radical (unpaired) electrons. The molecule has 6 heteroatoms. The van der Waals surface area contributed by atoms with Crippen molar-refractivity contribution in [3.05, 3.63) is 0 Å². The first-order valence-corrected chi connectivity index (χ1v) is 3.60. The molecule has 6 nitrogen and oxygen atoms in total. The minimum Gasteiger partial charge on any atom is -0.481 e. The molecule has 0 aromatic heterocycles. The van der Waals surface area contributed by atoms with Crippen LogP contribution in [0.25, 0.3) is 0 Å².